The molecule has 0 bridgehead atoms. The zero-order valence-electron chi connectivity index (χ0n) is 10.2. The number of nitrogens with two attached hydrogens (primary N) is 1. The fourth-order valence-corrected chi connectivity index (χ4v) is 4.14. The first-order valence-electron chi connectivity index (χ1n) is 6.52. The lowest BCUT2D eigenvalue weighted by molar-refractivity contribution is 0.183. The van der Waals surface area contributed by atoms with Crippen molar-refractivity contribution in [3.05, 3.63) is 29.3 Å². The minimum absolute atomic E-state index is 0.779. The van der Waals surface area contributed by atoms with E-state index >= 15 is 0 Å². The summed E-state index contributed by atoms with van der Waals surface area (Å²) in [5.74, 6) is 2.66. The van der Waals surface area contributed by atoms with Gasteiger partial charge in [0.1, 0.15) is 0 Å². The van der Waals surface area contributed by atoms with Crippen molar-refractivity contribution in [2.24, 2.45) is 0 Å². The van der Waals surface area contributed by atoms with Crippen LogP contribution in [0.1, 0.15) is 24.0 Å². The summed E-state index contributed by atoms with van der Waals surface area (Å²) >= 11 is 2.11. The van der Waals surface area contributed by atoms with E-state index in [0.717, 1.165) is 18.3 Å². The van der Waals surface area contributed by atoms with Crippen molar-refractivity contribution in [2.45, 2.75) is 31.8 Å². The Morgan fingerprint density at radius 3 is 3.12 bits per heavy atom. The lowest BCUT2D eigenvalue weighted by atomic mass is 9.96. The van der Waals surface area contributed by atoms with Crippen molar-refractivity contribution >= 4 is 17.4 Å². The molecule has 2 nitrogen and oxygen atoms in total. The topological polar surface area (TPSA) is 29.3 Å². The molecule has 2 heterocycles. The number of hydrogen-bond donors (Lipinski definition) is 1. The second-order valence-electron chi connectivity index (χ2n) is 5.08. The summed E-state index contributed by atoms with van der Waals surface area (Å²) in [6, 6.07) is 7.14. The Morgan fingerprint density at radius 2 is 2.29 bits per heavy atom. The zero-order valence-corrected chi connectivity index (χ0v) is 11.0. The molecule has 0 spiro atoms. The van der Waals surface area contributed by atoms with E-state index in [0.29, 0.717) is 0 Å². The number of thioether (sulfide) groups is 1. The Kier molecular flexibility index (Phi) is 3.30. The highest BCUT2D eigenvalue weighted by Gasteiger charge is 2.25. The molecule has 2 aliphatic rings. The van der Waals surface area contributed by atoms with Gasteiger partial charge in [0.2, 0.25) is 0 Å². The summed E-state index contributed by atoms with van der Waals surface area (Å²) in [5, 5.41) is 0. The summed E-state index contributed by atoms with van der Waals surface area (Å²) in [5.41, 5.74) is 9.93. The lowest BCUT2D eigenvalue weighted by Gasteiger charge is -2.37. The number of hydrogen-bond acceptors (Lipinski definition) is 3. The van der Waals surface area contributed by atoms with E-state index in [1.165, 1.54) is 48.4 Å². The molecule has 1 atom stereocenters. The van der Waals surface area contributed by atoms with Gasteiger partial charge in [0.15, 0.2) is 0 Å². The molecule has 2 aliphatic heterocycles. The van der Waals surface area contributed by atoms with E-state index in [1.807, 2.05) is 6.07 Å². The van der Waals surface area contributed by atoms with Crippen molar-refractivity contribution in [1.29, 1.82) is 0 Å². The molecule has 3 heteroatoms. The molecule has 0 aliphatic carbocycles. The van der Waals surface area contributed by atoms with Crippen LogP contribution in [0.15, 0.2) is 18.2 Å². The quantitative estimate of drug-likeness (QED) is 0.774. The highest BCUT2D eigenvalue weighted by atomic mass is 32.2. The van der Waals surface area contributed by atoms with E-state index in [-0.39, 0.29) is 0 Å². The SMILES string of the molecule is Nc1cccc2c1CN(C1CCCSC1)CC2. The smallest absolute Gasteiger partial charge is 0.0362 e. The molecule has 1 saturated heterocycles. The van der Waals surface area contributed by atoms with Crippen LogP contribution in [0.3, 0.4) is 0 Å². The standard InChI is InChI=1S/C14H20N2S/c15-14-5-1-3-11-6-7-16(9-13(11)14)12-4-2-8-17-10-12/h1,3,5,12H,2,4,6-10,15H2. The first-order chi connectivity index (χ1) is 8.34. The molecule has 0 aromatic heterocycles. The van der Waals surface area contributed by atoms with Crippen molar-refractivity contribution in [2.75, 3.05) is 23.8 Å². The summed E-state index contributed by atoms with van der Waals surface area (Å²) in [4.78, 5) is 2.64. The largest absolute Gasteiger partial charge is 0.398 e. The van der Waals surface area contributed by atoms with Gasteiger partial charge in [-0.3, -0.25) is 4.90 Å². The second kappa shape index (κ2) is 4.91. The van der Waals surface area contributed by atoms with Gasteiger partial charge in [0.05, 0.1) is 0 Å². The number of fused-ring (bicyclic) bond motifs is 1. The molecule has 0 radical (unpaired) electrons. The molecule has 3 rings (SSSR count). The van der Waals surface area contributed by atoms with Gasteiger partial charge in [-0.05, 0) is 42.2 Å². The van der Waals surface area contributed by atoms with Crippen LogP contribution in [-0.4, -0.2) is 29.0 Å². The van der Waals surface area contributed by atoms with Crippen LogP contribution in [0, 0.1) is 0 Å². The molecule has 92 valence electrons. The minimum atomic E-state index is 0.779. The van der Waals surface area contributed by atoms with Crippen molar-refractivity contribution < 1.29 is 0 Å². The molecule has 2 N–H and O–H groups in total. The monoisotopic (exact) mass is 248 g/mol. The highest BCUT2D eigenvalue weighted by Crippen LogP contribution is 2.29. The Bertz CT molecular complexity index is 399. The van der Waals surface area contributed by atoms with Crippen LogP contribution in [0.5, 0.6) is 0 Å². The minimum Gasteiger partial charge on any atom is -0.398 e. The van der Waals surface area contributed by atoms with Gasteiger partial charge in [0, 0.05) is 30.6 Å². The Balaban J connectivity index is 1.77. The van der Waals surface area contributed by atoms with Gasteiger partial charge in [-0.15, -0.1) is 0 Å². The van der Waals surface area contributed by atoms with Gasteiger partial charge >= 0.3 is 0 Å². The predicted octanol–water partition coefficient (Wildman–Crippen LogP) is 2.52. The highest BCUT2D eigenvalue weighted by molar-refractivity contribution is 7.99. The number of nitrogens with zero attached hydrogens (tertiary/aromatic N) is 1. The van der Waals surface area contributed by atoms with Gasteiger partial charge in [0.25, 0.3) is 0 Å². The summed E-state index contributed by atoms with van der Waals surface area (Å²) in [6.07, 6.45) is 3.92. The van der Waals surface area contributed by atoms with Crippen molar-refractivity contribution in [3.63, 3.8) is 0 Å². The average molecular weight is 248 g/mol. The van der Waals surface area contributed by atoms with Crippen molar-refractivity contribution in [1.82, 2.24) is 4.90 Å². The molecule has 1 unspecified atom stereocenters. The number of nitrogen functional groups attached to an aromatic ring is 1. The molecule has 1 fully saturated rings. The van der Waals surface area contributed by atoms with Gasteiger partial charge in [-0.1, -0.05) is 12.1 Å². The first kappa shape index (κ1) is 11.4. The van der Waals surface area contributed by atoms with Gasteiger partial charge in [-0.25, -0.2) is 0 Å². The normalized spacial score (nSPS) is 25.5. The van der Waals surface area contributed by atoms with Crippen LogP contribution < -0.4 is 5.73 Å². The maximum absolute atomic E-state index is 6.10. The summed E-state index contributed by atoms with van der Waals surface area (Å²) < 4.78 is 0. The number of rotatable bonds is 1. The Hall–Kier alpha value is -0.670. The number of anilines is 1. The van der Waals surface area contributed by atoms with E-state index in [9.17, 15) is 0 Å². The third-order valence-electron chi connectivity index (χ3n) is 3.99. The van der Waals surface area contributed by atoms with Crippen molar-refractivity contribution in [3.8, 4) is 0 Å². The Morgan fingerprint density at radius 1 is 1.35 bits per heavy atom. The van der Waals surface area contributed by atoms with Crippen LogP contribution in [0.2, 0.25) is 0 Å². The zero-order chi connectivity index (χ0) is 11.7. The van der Waals surface area contributed by atoms with E-state index in [2.05, 4.69) is 28.8 Å². The molecule has 0 amide bonds. The number of benzene rings is 1. The van der Waals surface area contributed by atoms with Crippen LogP contribution in [-0.2, 0) is 13.0 Å². The van der Waals surface area contributed by atoms with E-state index in [1.54, 1.807) is 0 Å². The maximum Gasteiger partial charge on any atom is 0.0362 e. The fourth-order valence-electron chi connectivity index (χ4n) is 2.95. The molecular weight excluding hydrogens is 228 g/mol. The Labute approximate surface area is 108 Å². The van der Waals surface area contributed by atoms with Gasteiger partial charge in [-0.2, -0.15) is 11.8 Å². The molecule has 1 aromatic carbocycles. The summed E-state index contributed by atoms with van der Waals surface area (Å²) in [7, 11) is 0. The predicted molar refractivity (Wildman–Crippen MR) is 75.3 cm³/mol. The second-order valence-corrected chi connectivity index (χ2v) is 6.23. The fraction of sp³-hybridized carbons (Fsp3) is 0.571. The average Bonchev–Trinajstić information content (AvgIpc) is 2.40. The summed E-state index contributed by atoms with van der Waals surface area (Å²) in [6.45, 7) is 2.27. The van der Waals surface area contributed by atoms with Crippen LogP contribution in [0.25, 0.3) is 0 Å². The van der Waals surface area contributed by atoms with Crippen LogP contribution in [0.4, 0.5) is 5.69 Å². The third kappa shape index (κ3) is 2.31. The molecule has 17 heavy (non-hydrogen) atoms. The lowest BCUT2D eigenvalue weighted by Crippen LogP contribution is -2.42. The molecular formula is C14H20N2S. The van der Waals surface area contributed by atoms with Gasteiger partial charge < -0.3 is 5.73 Å². The third-order valence-corrected chi connectivity index (χ3v) is 5.19. The first-order valence-corrected chi connectivity index (χ1v) is 7.68. The van der Waals surface area contributed by atoms with E-state index < -0.39 is 0 Å². The molecule has 1 aromatic rings. The maximum atomic E-state index is 6.10. The van der Waals surface area contributed by atoms with E-state index in [4.69, 9.17) is 5.73 Å². The van der Waals surface area contributed by atoms with Crippen LogP contribution >= 0.6 is 11.8 Å². The molecule has 0 saturated carbocycles.